The van der Waals surface area contributed by atoms with Gasteiger partial charge in [0.25, 0.3) is 0 Å². The Bertz CT molecular complexity index is 509. The molecule has 1 atom stereocenters. The molecule has 3 nitrogen and oxygen atoms in total. The molecule has 1 saturated carbocycles. The second-order valence-corrected chi connectivity index (χ2v) is 7.42. The Kier molecular flexibility index (Phi) is 4.45. The highest BCUT2D eigenvalue weighted by Gasteiger charge is 2.26. The third kappa shape index (κ3) is 3.13. The summed E-state index contributed by atoms with van der Waals surface area (Å²) < 4.78 is 28.0. The third-order valence-corrected chi connectivity index (χ3v) is 6.15. The maximum absolute atomic E-state index is 12.3. The normalized spacial score (nSPS) is 19.0. The number of hydrogen-bond acceptors (Lipinski definition) is 2. The van der Waals surface area contributed by atoms with Crippen LogP contribution in [0.1, 0.15) is 32.6 Å². The molecule has 18 heavy (non-hydrogen) atoms. The molecule has 0 spiro atoms. The number of hydrogen-bond donors (Lipinski definition) is 1. The van der Waals surface area contributed by atoms with Gasteiger partial charge in [-0.15, -0.1) is 0 Å². The summed E-state index contributed by atoms with van der Waals surface area (Å²) in [6.45, 7) is 1.96. The van der Waals surface area contributed by atoms with Crippen molar-refractivity contribution in [2.24, 2.45) is 5.92 Å². The fraction of sp³-hybridized carbons (Fsp3) is 0.538. The minimum atomic E-state index is -3.42. The fourth-order valence-electron chi connectivity index (χ4n) is 2.52. The van der Waals surface area contributed by atoms with Crippen LogP contribution in [-0.2, 0) is 10.0 Å². The minimum absolute atomic E-state index is 0.00426. The molecule has 2 rings (SSSR count). The molecule has 1 aromatic rings. The maximum atomic E-state index is 12.3. The summed E-state index contributed by atoms with van der Waals surface area (Å²) in [6, 6.07) is 6.91. The van der Waals surface area contributed by atoms with Crippen LogP contribution in [0.25, 0.3) is 0 Å². The third-order valence-electron chi connectivity index (χ3n) is 3.57. The molecule has 1 aromatic carbocycles. The van der Waals surface area contributed by atoms with Crippen LogP contribution in [-0.4, -0.2) is 14.5 Å². The van der Waals surface area contributed by atoms with Crippen molar-refractivity contribution >= 4 is 26.0 Å². The zero-order valence-corrected chi connectivity index (χ0v) is 12.8. The predicted molar refractivity (Wildman–Crippen MR) is 75.9 cm³/mol. The van der Waals surface area contributed by atoms with Crippen molar-refractivity contribution in [3.63, 3.8) is 0 Å². The van der Waals surface area contributed by atoms with Gasteiger partial charge in [-0.05, 0) is 53.7 Å². The van der Waals surface area contributed by atoms with E-state index in [1.807, 2.05) is 13.0 Å². The Hall–Kier alpha value is -0.390. The van der Waals surface area contributed by atoms with Gasteiger partial charge in [-0.1, -0.05) is 25.0 Å². The lowest BCUT2D eigenvalue weighted by atomic mass is 10.0. The number of sulfonamides is 1. The van der Waals surface area contributed by atoms with E-state index in [0.717, 1.165) is 12.8 Å². The maximum Gasteiger partial charge on any atom is 0.241 e. The van der Waals surface area contributed by atoms with Crippen LogP contribution in [0.15, 0.2) is 33.6 Å². The zero-order valence-electron chi connectivity index (χ0n) is 10.4. The Morgan fingerprint density at radius 1 is 1.28 bits per heavy atom. The van der Waals surface area contributed by atoms with Crippen molar-refractivity contribution in [2.45, 2.75) is 43.5 Å². The number of rotatable bonds is 4. The molecule has 0 amide bonds. The smallest absolute Gasteiger partial charge is 0.208 e. The quantitative estimate of drug-likeness (QED) is 0.919. The molecule has 1 aliphatic rings. The van der Waals surface area contributed by atoms with Gasteiger partial charge in [0.2, 0.25) is 10.0 Å². The zero-order chi connectivity index (χ0) is 13.2. The van der Waals surface area contributed by atoms with E-state index in [4.69, 9.17) is 0 Å². The van der Waals surface area contributed by atoms with E-state index in [2.05, 4.69) is 20.7 Å². The number of nitrogens with one attached hydrogen (secondary N) is 1. The van der Waals surface area contributed by atoms with Crippen LogP contribution in [0.2, 0.25) is 0 Å². The molecule has 1 fully saturated rings. The first-order chi connectivity index (χ1) is 8.50. The highest BCUT2D eigenvalue weighted by molar-refractivity contribution is 9.10. The van der Waals surface area contributed by atoms with Crippen LogP contribution < -0.4 is 4.72 Å². The second kappa shape index (κ2) is 5.72. The average Bonchev–Trinajstić information content (AvgIpc) is 2.82. The summed E-state index contributed by atoms with van der Waals surface area (Å²) in [5.41, 5.74) is 0. The van der Waals surface area contributed by atoms with Gasteiger partial charge in [0.1, 0.15) is 0 Å². The van der Waals surface area contributed by atoms with E-state index < -0.39 is 10.0 Å². The summed E-state index contributed by atoms with van der Waals surface area (Å²) in [7, 11) is -3.42. The van der Waals surface area contributed by atoms with E-state index in [0.29, 0.717) is 15.3 Å². The molecule has 100 valence electrons. The van der Waals surface area contributed by atoms with Gasteiger partial charge in [0, 0.05) is 10.5 Å². The Morgan fingerprint density at radius 2 is 1.89 bits per heavy atom. The topological polar surface area (TPSA) is 46.2 Å². The van der Waals surface area contributed by atoms with Gasteiger partial charge in [-0.25, -0.2) is 13.1 Å². The summed E-state index contributed by atoms with van der Waals surface area (Å²) in [5.74, 6) is 0.474. The molecule has 0 aromatic heterocycles. The molecule has 0 bridgehead atoms. The van der Waals surface area contributed by atoms with Crippen molar-refractivity contribution in [3.8, 4) is 0 Å². The first-order valence-corrected chi connectivity index (χ1v) is 8.55. The molecule has 1 unspecified atom stereocenters. The fourth-order valence-corrected chi connectivity index (χ4v) is 4.84. The van der Waals surface area contributed by atoms with E-state index in [1.165, 1.54) is 12.8 Å². The van der Waals surface area contributed by atoms with Crippen molar-refractivity contribution in [3.05, 3.63) is 28.7 Å². The summed E-state index contributed by atoms with van der Waals surface area (Å²) in [4.78, 5) is 0.315. The first kappa shape index (κ1) is 14.0. The monoisotopic (exact) mass is 331 g/mol. The molecule has 1 N–H and O–H groups in total. The SMILES string of the molecule is CC(NS(=O)(=O)c1ccccc1Br)C1CCCC1. The van der Waals surface area contributed by atoms with Gasteiger partial charge < -0.3 is 0 Å². The van der Waals surface area contributed by atoms with Crippen LogP contribution >= 0.6 is 15.9 Å². The molecule has 0 saturated heterocycles. The Morgan fingerprint density at radius 3 is 2.50 bits per heavy atom. The highest BCUT2D eigenvalue weighted by Crippen LogP contribution is 2.29. The van der Waals surface area contributed by atoms with Gasteiger partial charge in [0.05, 0.1) is 4.90 Å². The summed E-state index contributed by atoms with van der Waals surface area (Å²) >= 11 is 3.29. The Balaban J connectivity index is 2.14. The Labute approximate surface area is 117 Å². The summed E-state index contributed by atoms with van der Waals surface area (Å²) in [6.07, 6.45) is 4.68. The van der Waals surface area contributed by atoms with Crippen molar-refractivity contribution < 1.29 is 8.42 Å². The highest BCUT2D eigenvalue weighted by atomic mass is 79.9. The second-order valence-electron chi connectivity index (χ2n) is 4.88. The van der Waals surface area contributed by atoms with E-state index >= 15 is 0 Å². The number of halogens is 1. The van der Waals surface area contributed by atoms with Crippen molar-refractivity contribution in [2.75, 3.05) is 0 Å². The minimum Gasteiger partial charge on any atom is -0.208 e. The van der Waals surface area contributed by atoms with Crippen LogP contribution in [0.5, 0.6) is 0 Å². The first-order valence-electron chi connectivity index (χ1n) is 6.27. The molecular weight excluding hydrogens is 314 g/mol. The van der Waals surface area contributed by atoms with Crippen LogP contribution in [0.4, 0.5) is 0 Å². The van der Waals surface area contributed by atoms with Gasteiger partial charge >= 0.3 is 0 Å². The van der Waals surface area contributed by atoms with Crippen molar-refractivity contribution in [1.29, 1.82) is 0 Å². The van der Waals surface area contributed by atoms with E-state index in [9.17, 15) is 8.42 Å². The lowest BCUT2D eigenvalue weighted by molar-refractivity contribution is 0.424. The molecule has 0 heterocycles. The van der Waals surface area contributed by atoms with Crippen LogP contribution in [0, 0.1) is 5.92 Å². The largest absolute Gasteiger partial charge is 0.241 e. The molecule has 0 radical (unpaired) electrons. The standard InChI is InChI=1S/C13H18BrNO2S/c1-10(11-6-2-3-7-11)15-18(16,17)13-9-5-4-8-12(13)14/h4-5,8-11,15H,2-3,6-7H2,1H3. The summed E-state index contributed by atoms with van der Waals surface area (Å²) in [5, 5.41) is 0. The molecule has 0 aliphatic heterocycles. The van der Waals surface area contributed by atoms with Crippen molar-refractivity contribution in [1.82, 2.24) is 4.72 Å². The van der Waals surface area contributed by atoms with E-state index in [1.54, 1.807) is 18.2 Å². The molecule has 1 aliphatic carbocycles. The van der Waals surface area contributed by atoms with Gasteiger partial charge in [0.15, 0.2) is 0 Å². The van der Waals surface area contributed by atoms with E-state index in [-0.39, 0.29) is 6.04 Å². The average molecular weight is 332 g/mol. The lowest BCUT2D eigenvalue weighted by Gasteiger charge is -2.20. The molecule has 5 heteroatoms. The van der Waals surface area contributed by atoms with Gasteiger partial charge in [-0.2, -0.15) is 0 Å². The molecular formula is C13H18BrNO2S. The predicted octanol–water partition coefficient (Wildman–Crippen LogP) is 3.31. The lowest BCUT2D eigenvalue weighted by Crippen LogP contribution is -2.37. The number of benzene rings is 1. The van der Waals surface area contributed by atoms with Gasteiger partial charge in [-0.3, -0.25) is 0 Å². The van der Waals surface area contributed by atoms with Crippen LogP contribution in [0.3, 0.4) is 0 Å².